The number of ether oxygens (including phenoxy) is 2. The monoisotopic (exact) mass is 575 g/mol. The molecule has 8 nitrogen and oxygen atoms in total. The van der Waals surface area contributed by atoms with E-state index in [1.54, 1.807) is 29.7 Å². The average Bonchev–Trinajstić information content (AvgIpc) is 2.91. The van der Waals surface area contributed by atoms with E-state index in [0.29, 0.717) is 53.7 Å². The number of carbonyl (C=O) groups is 2. The fourth-order valence-electron chi connectivity index (χ4n) is 5.20. The number of aromatic nitrogens is 1. The molecule has 2 aliphatic rings. The average molecular weight is 576 g/mol. The van der Waals surface area contributed by atoms with E-state index in [9.17, 15) is 14.4 Å². The van der Waals surface area contributed by atoms with Crippen molar-refractivity contribution < 1.29 is 23.5 Å². The number of nitrogens with zero attached hydrogens (tertiary/aromatic N) is 2. The fourth-order valence-corrected chi connectivity index (χ4v) is 5.68. The smallest absolute Gasteiger partial charge is 0.309 e. The molecule has 2 aliphatic heterocycles. The molecule has 39 heavy (non-hydrogen) atoms. The number of hydrogen-bond acceptors (Lipinski definition) is 6. The van der Waals surface area contributed by atoms with Crippen LogP contribution in [0.15, 0.2) is 35.3 Å². The van der Waals surface area contributed by atoms with Gasteiger partial charge in [0.15, 0.2) is 11.6 Å². The summed E-state index contributed by atoms with van der Waals surface area (Å²) in [7, 11) is 0. The molecule has 2 aromatic carbocycles. The SMILES string of the molecule is CCOC(=O)C1CCN(c2c(F)cc3c(=O)c(C(=O)NCc4ccc(Cl)cc4Cl)cn4c3c2OCC4C)CC1. The molecule has 0 radical (unpaired) electrons. The van der Waals surface area contributed by atoms with E-state index in [2.05, 4.69) is 5.32 Å². The standard InChI is InChI=1S/C28H28Cl2FN3O5/c1-3-38-28(37)16-6-8-33(9-7-16)24-22(31)11-19-23-26(24)39-14-15(2)34(23)13-20(25(19)35)27(36)32-12-17-4-5-18(29)10-21(17)30/h4-5,10-11,13,15-16H,3,6-9,12,14H2,1-2H3,(H,32,36). The van der Waals surface area contributed by atoms with E-state index in [1.165, 1.54) is 12.3 Å². The number of amides is 1. The molecule has 1 saturated heterocycles. The molecule has 0 saturated carbocycles. The van der Waals surface area contributed by atoms with Crippen molar-refractivity contribution in [2.24, 2.45) is 5.92 Å². The van der Waals surface area contributed by atoms with Gasteiger partial charge >= 0.3 is 5.97 Å². The van der Waals surface area contributed by atoms with E-state index in [1.807, 2.05) is 11.8 Å². The quantitative estimate of drug-likeness (QED) is 0.411. The second-order valence-corrected chi connectivity index (χ2v) is 10.6. The zero-order valence-corrected chi connectivity index (χ0v) is 23.1. The van der Waals surface area contributed by atoms with Crippen LogP contribution in [0, 0.1) is 11.7 Å². The number of pyridine rings is 1. The Morgan fingerprint density at radius 1 is 1.21 bits per heavy atom. The van der Waals surface area contributed by atoms with Crippen LogP contribution >= 0.6 is 23.2 Å². The van der Waals surface area contributed by atoms with E-state index in [-0.39, 0.29) is 53.5 Å². The van der Waals surface area contributed by atoms with Gasteiger partial charge in [0.2, 0.25) is 5.43 Å². The van der Waals surface area contributed by atoms with Crippen LogP contribution in [0.25, 0.3) is 10.9 Å². The van der Waals surface area contributed by atoms with Gasteiger partial charge in [0.05, 0.1) is 29.5 Å². The number of anilines is 1. The summed E-state index contributed by atoms with van der Waals surface area (Å²) >= 11 is 12.2. The van der Waals surface area contributed by atoms with Crippen LogP contribution in [0.5, 0.6) is 5.75 Å². The number of rotatable bonds is 6. The molecule has 1 amide bonds. The van der Waals surface area contributed by atoms with Crippen molar-refractivity contribution in [1.29, 1.82) is 0 Å². The minimum absolute atomic E-state index is 0.0661. The first-order valence-corrected chi connectivity index (χ1v) is 13.6. The first-order valence-electron chi connectivity index (χ1n) is 12.9. The highest BCUT2D eigenvalue weighted by Gasteiger charge is 2.33. The molecule has 1 N–H and O–H groups in total. The maximum Gasteiger partial charge on any atom is 0.309 e. The van der Waals surface area contributed by atoms with Gasteiger partial charge in [-0.05, 0) is 50.5 Å². The van der Waals surface area contributed by atoms with Gasteiger partial charge in [0.1, 0.15) is 17.9 Å². The summed E-state index contributed by atoms with van der Waals surface area (Å²) in [6.45, 7) is 5.19. The molecule has 3 heterocycles. The lowest BCUT2D eigenvalue weighted by Crippen LogP contribution is -2.38. The maximum absolute atomic E-state index is 15.7. The number of halogens is 3. The summed E-state index contributed by atoms with van der Waals surface area (Å²) < 4.78 is 28.6. The molecule has 5 rings (SSSR count). The topological polar surface area (TPSA) is 89.9 Å². The van der Waals surface area contributed by atoms with Crippen molar-refractivity contribution >= 4 is 51.7 Å². The summed E-state index contributed by atoms with van der Waals surface area (Å²) in [4.78, 5) is 40.6. The second-order valence-electron chi connectivity index (χ2n) is 9.80. The van der Waals surface area contributed by atoms with Crippen molar-refractivity contribution in [2.75, 3.05) is 31.2 Å². The fraction of sp³-hybridized carbons (Fsp3) is 0.393. The van der Waals surface area contributed by atoms with Crippen LogP contribution in [0.4, 0.5) is 10.1 Å². The van der Waals surface area contributed by atoms with Crippen LogP contribution in [0.1, 0.15) is 48.7 Å². The largest absolute Gasteiger partial charge is 0.487 e. The van der Waals surface area contributed by atoms with Crippen LogP contribution in [-0.4, -0.2) is 42.7 Å². The molecule has 3 aromatic rings. The van der Waals surface area contributed by atoms with Gasteiger partial charge in [-0.1, -0.05) is 29.3 Å². The molecular weight excluding hydrogens is 548 g/mol. The lowest BCUT2D eigenvalue weighted by molar-refractivity contribution is -0.148. The Bertz CT molecular complexity index is 1520. The normalized spacial score (nSPS) is 17.2. The van der Waals surface area contributed by atoms with Gasteiger partial charge in [-0.25, -0.2) is 4.39 Å². The van der Waals surface area contributed by atoms with Gasteiger partial charge in [-0.2, -0.15) is 0 Å². The molecule has 0 spiro atoms. The van der Waals surface area contributed by atoms with Crippen molar-refractivity contribution in [3.63, 3.8) is 0 Å². The Labute approximate surface area is 234 Å². The summed E-state index contributed by atoms with van der Waals surface area (Å²) in [5, 5.41) is 3.66. The number of esters is 1. The molecule has 0 aliphatic carbocycles. The Balaban J connectivity index is 1.48. The number of benzene rings is 2. The lowest BCUT2D eigenvalue weighted by Gasteiger charge is -2.36. The Hall–Kier alpha value is -3.30. The molecule has 0 bridgehead atoms. The summed E-state index contributed by atoms with van der Waals surface area (Å²) in [6, 6.07) is 5.90. The Morgan fingerprint density at radius 2 is 1.95 bits per heavy atom. The number of hydrogen-bond donors (Lipinski definition) is 1. The molecule has 1 fully saturated rings. The van der Waals surface area contributed by atoms with E-state index < -0.39 is 17.2 Å². The van der Waals surface area contributed by atoms with Crippen LogP contribution in [0.3, 0.4) is 0 Å². The van der Waals surface area contributed by atoms with Gasteiger partial charge < -0.3 is 24.3 Å². The van der Waals surface area contributed by atoms with Gasteiger partial charge in [0, 0.05) is 35.9 Å². The first kappa shape index (κ1) is 27.3. The highest BCUT2D eigenvalue weighted by Crippen LogP contribution is 2.43. The van der Waals surface area contributed by atoms with Crippen LogP contribution in [-0.2, 0) is 16.1 Å². The summed E-state index contributed by atoms with van der Waals surface area (Å²) in [6.07, 6.45) is 2.56. The molecule has 206 valence electrons. The maximum atomic E-state index is 15.7. The Kier molecular flexibility index (Phi) is 7.73. The van der Waals surface area contributed by atoms with Gasteiger partial charge in [-0.3, -0.25) is 14.4 Å². The first-order chi connectivity index (χ1) is 18.7. The van der Waals surface area contributed by atoms with Crippen LogP contribution < -0.4 is 20.4 Å². The van der Waals surface area contributed by atoms with E-state index in [4.69, 9.17) is 32.7 Å². The predicted molar refractivity (Wildman–Crippen MR) is 148 cm³/mol. The van der Waals surface area contributed by atoms with Crippen molar-refractivity contribution in [1.82, 2.24) is 9.88 Å². The third-order valence-corrected chi connectivity index (χ3v) is 7.86. The number of piperidine rings is 1. The van der Waals surface area contributed by atoms with Crippen molar-refractivity contribution in [3.8, 4) is 5.75 Å². The van der Waals surface area contributed by atoms with Crippen LogP contribution in [0.2, 0.25) is 10.0 Å². The molecule has 1 aromatic heterocycles. The Morgan fingerprint density at radius 3 is 2.64 bits per heavy atom. The summed E-state index contributed by atoms with van der Waals surface area (Å²) in [5.41, 5.74) is 0.656. The third kappa shape index (κ3) is 5.17. The van der Waals surface area contributed by atoms with Crippen molar-refractivity contribution in [2.45, 2.75) is 39.3 Å². The van der Waals surface area contributed by atoms with Gasteiger partial charge in [-0.15, -0.1) is 0 Å². The van der Waals surface area contributed by atoms with E-state index >= 15 is 4.39 Å². The lowest BCUT2D eigenvalue weighted by atomic mass is 9.96. The minimum atomic E-state index is -0.615. The van der Waals surface area contributed by atoms with Gasteiger partial charge in [0.25, 0.3) is 5.91 Å². The predicted octanol–water partition coefficient (Wildman–Crippen LogP) is 5.11. The molecule has 11 heteroatoms. The highest BCUT2D eigenvalue weighted by molar-refractivity contribution is 6.35. The zero-order chi connectivity index (χ0) is 27.8. The van der Waals surface area contributed by atoms with E-state index in [0.717, 1.165) is 0 Å². The number of nitrogens with one attached hydrogen (secondary N) is 1. The highest BCUT2D eigenvalue weighted by atomic mass is 35.5. The molecule has 1 atom stereocenters. The summed E-state index contributed by atoms with van der Waals surface area (Å²) in [5.74, 6) is -1.41. The third-order valence-electron chi connectivity index (χ3n) is 7.27. The molecular formula is C28H28Cl2FN3O5. The minimum Gasteiger partial charge on any atom is -0.487 e. The van der Waals surface area contributed by atoms with Crippen molar-refractivity contribution in [3.05, 3.63) is 67.7 Å². The zero-order valence-electron chi connectivity index (χ0n) is 21.6. The second kappa shape index (κ2) is 11.1. The number of carbonyl (C=O) groups excluding carboxylic acids is 2. The molecule has 1 unspecified atom stereocenters.